The fourth-order valence-electron chi connectivity index (χ4n) is 8.52. The van der Waals surface area contributed by atoms with Crippen LogP contribution in [0.15, 0.2) is 133 Å². The highest BCUT2D eigenvalue weighted by Gasteiger charge is 2.45. The summed E-state index contributed by atoms with van der Waals surface area (Å²) in [7, 11) is 7.55. The number of likely N-dealkylation sites (N-methyl/N-ethyl adjacent to an activating group) is 2. The maximum absolute atomic E-state index is 13.4. The van der Waals surface area contributed by atoms with Crippen LogP contribution in [0.3, 0.4) is 0 Å². The summed E-state index contributed by atoms with van der Waals surface area (Å²) in [5.41, 5.74) is 1.95. The van der Waals surface area contributed by atoms with Gasteiger partial charge in [0, 0.05) is 80.9 Å². The Labute approximate surface area is 417 Å². The van der Waals surface area contributed by atoms with Crippen molar-refractivity contribution in [3.63, 3.8) is 0 Å². The molecule has 1 unspecified atom stereocenters. The third-order valence-corrected chi connectivity index (χ3v) is 13.1. The lowest BCUT2D eigenvalue weighted by molar-refractivity contribution is -0.138. The number of benzene rings is 5. The number of alkyl halides is 8. The number of nitrogens with one attached hydrogen (secondary N) is 2. The summed E-state index contributed by atoms with van der Waals surface area (Å²) in [6.07, 6.45) is -8.16. The Hall–Kier alpha value is -6.17. The molecule has 0 aromatic heterocycles. The lowest BCUT2D eigenvalue weighted by Gasteiger charge is -2.45. The Morgan fingerprint density at radius 1 is 0.611 bits per heavy atom. The molecule has 1 heterocycles. The number of rotatable bonds is 13. The number of nitrogens with zero attached hydrogens (tertiary/aromatic N) is 4. The van der Waals surface area contributed by atoms with Gasteiger partial charge in [0.05, 0.1) is 17.2 Å². The number of halogens is 8. The van der Waals surface area contributed by atoms with Gasteiger partial charge in [-0.25, -0.2) is 8.78 Å². The molecule has 7 rings (SSSR count). The van der Waals surface area contributed by atoms with Crippen molar-refractivity contribution in [3.05, 3.63) is 178 Å². The van der Waals surface area contributed by atoms with Gasteiger partial charge in [-0.1, -0.05) is 90.5 Å². The molecule has 0 radical (unpaired) electrons. The minimum absolute atomic E-state index is 0.0264. The van der Waals surface area contributed by atoms with Crippen LogP contribution < -0.4 is 10.6 Å². The van der Waals surface area contributed by atoms with Crippen molar-refractivity contribution < 1.29 is 49.5 Å². The second-order valence-electron chi connectivity index (χ2n) is 18.7. The lowest BCUT2D eigenvalue weighted by atomic mass is 9.78. The topological polar surface area (TPSA) is 88.2 Å². The van der Waals surface area contributed by atoms with E-state index in [-0.39, 0.29) is 61.2 Å². The van der Waals surface area contributed by atoms with Crippen LogP contribution in [-0.4, -0.2) is 123 Å². The highest BCUT2D eigenvalue weighted by Crippen LogP contribution is 2.40. The molecular formula is C55H64F8N6O3. The van der Waals surface area contributed by atoms with E-state index in [1.807, 2.05) is 81.7 Å². The van der Waals surface area contributed by atoms with Gasteiger partial charge >= 0.3 is 12.4 Å². The van der Waals surface area contributed by atoms with Crippen LogP contribution in [0, 0.1) is 6.92 Å². The molecule has 5 aromatic rings. The van der Waals surface area contributed by atoms with Crippen molar-refractivity contribution in [2.24, 2.45) is 0 Å². The van der Waals surface area contributed by atoms with Gasteiger partial charge in [-0.3, -0.25) is 19.3 Å². The summed E-state index contributed by atoms with van der Waals surface area (Å²) >= 11 is 0. The van der Waals surface area contributed by atoms with E-state index in [4.69, 9.17) is 0 Å². The molecule has 1 aliphatic carbocycles. The van der Waals surface area contributed by atoms with E-state index >= 15 is 0 Å². The van der Waals surface area contributed by atoms with Crippen molar-refractivity contribution >= 4 is 17.7 Å². The van der Waals surface area contributed by atoms with Crippen LogP contribution in [0.1, 0.15) is 90.6 Å². The first-order chi connectivity index (χ1) is 34.0. The zero-order chi connectivity index (χ0) is 52.7. The first-order valence-electron chi connectivity index (χ1n) is 23.8. The molecule has 72 heavy (non-hydrogen) atoms. The molecular weight excluding hydrogens is 945 g/mol. The number of carbonyl (C=O) groups excluding carboxylic acids is 3. The van der Waals surface area contributed by atoms with Crippen molar-refractivity contribution in [3.8, 4) is 0 Å². The highest BCUT2D eigenvalue weighted by atomic mass is 19.4. The molecule has 0 bridgehead atoms. The standard InChI is InChI=1S/C20H21F3N2O.C18H22N2O.C17H21F5N2O/c21-20(22,23)18-8-4-7-17(15-18)19(26)25-13-11-24(12-14-25)10-9-16-5-2-1-3-6-16;1-14-8-7-11-16(12-14)18(21)19-13-17(20(2)3)15-9-5-4-6-10-15;1-24(2)15(6-8-16(18,19)9-7-15)11-23-14(25)12-4-3-5-13(10-12)17(20,21)22/h1-8,15H,9-14H2;4-12,17H,13H2,1-3H3,(H,19,21);3-5,10H,6-9,11H2,1-2H3,(H,23,25). The van der Waals surface area contributed by atoms with Crippen LogP contribution in [0.25, 0.3) is 0 Å². The Balaban J connectivity index is 0.000000202. The molecule has 2 aliphatic rings. The second kappa shape index (κ2) is 25.5. The maximum atomic E-state index is 13.4. The van der Waals surface area contributed by atoms with E-state index in [2.05, 4.69) is 44.7 Å². The Morgan fingerprint density at radius 2 is 1.11 bits per heavy atom. The minimum atomic E-state index is -4.53. The van der Waals surface area contributed by atoms with Gasteiger partial charge in [-0.2, -0.15) is 26.3 Å². The fraction of sp³-hybridized carbons (Fsp3) is 0.400. The molecule has 0 spiro atoms. The summed E-state index contributed by atoms with van der Waals surface area (Å²) in [4.78, 5) is 44.8. The summed E-state index contributed by atoms with van der Waals surface area (Å²) in [5, 5.41) is 5.63. The summed E-state index contributed by atoms with van der Waals surface area (Å²) < 4.78 is 104. The average Bonchev–Trinajstić information content (AvgIpc) is 3.36. The third kappa shape index (κ3) is 17.0. The molecule has 2 fully saturated rings. The smallest absolute Gasteiger partial charge is 0.350 e. The van der Waals surface area contributed by atoms with Gasteiger partial charge in [-0.15, -0.1) is 0 Å². The van der Waals surface area contributed by atoms with Crippen LogP contribution in [0.2, 0.25) is 0 Å². The summed E-state index contributed by atoms with van der Waals surface area (Å²) in [6.45, 7) is 6.12. The first kappa shape index (κ1) is 56.7. The van der Waals surface area contributed by atoms with Gasteiger partial charge in [0.1, 0.15) is 0 Å². The van der Waals surface area contributed by atoms with Gasteiger partial charge in [0.15, 0.2) is 0 Å². The molecule has 1 saturated carbocycles. The molecule has 388 valence electrons. The Morgan fingerprint density at radius 3 is 1.64 bits per heavy atom. The van der Waals surface area contributed by atoms with E-state index in [1.54, 1.807) is 23.9 Å². The quantitative estimate of drug-likeness (QED) is 0.114. The first-order valence-corrected chi connectivity index (χ1v) is 23.8. The average molecular weight is 1010 g/mol. The predicted octanol–water partition coefficient (Wildman–Crippen LogP) is 10.7. The molecule has 1 aliphatic heterocycles. The number of hydrogen-bond donors (Lipinski definition) is 2. The number of carbonyl (C=O) groups is 3. The molecule has 5 aromatic carbocycles. The summed E-state index contributed by atoms with van der Waals surface area (Å²) in [6, 6.07) is 37.0. The predicted molar refractivity (Wildman–Crippen MR) is 264 cm³/mol. The fourth-order valence-corrected chi connectivity index (χ4v) is 8.52. The Bertz CT molecular complexity index is 2500. The number of hydrogen-bond acceptors (Lipinski definition) is 6. The van der Waals surface area contributed by atoms with Crippen LogP contribution >= 0.6 is 0 Å². The Kier molecular flexibility index (Phi) is 20.1. The maximum Gasteiger partial charge on any atom is 0.416 e. The van der Waals surface area contributed by atoms with Gasteiger partial charge < -0.3 is 25.3 Å². The zero-order valence-corrected chi connectivity index (χ0v) is 41.3. The number of amides is 3. The number of aryl methyl sites for hydroxylation is 1. The van der Waals surface area contributed by atoms with Crippen molar-refractivity contribution in [2.75, 3.05) is 74.0 Å². The van der Waals surface area contributed by atoms with E-state index in [0.29, 0.717) is 25.2 Å². The van der Waals surface area contributed by atoms with E-state index in [1.165, 1.54) is 35.4 Å². The van der Waals surface area contributed by atoms with Crippen LogP contribution in [0.4, 0.5) is 35.1 Å². The zero-order valence-electron chi connectivity index (χ0n) is 41.3. The van der Waals surface area contributed by atoms with Gasteiger partial charge in [0.2, 0.25) is 5.92 Å². The SMILES string of the molecule is CN(C)C1(CNC(=O)c2cccc(C(F)(F)F)c2)CCC(F)(F)CC1.Cc1cccc(C(=O)NCC(c2ccccc2)N(C)C)c1.O=C(c1cccc(C(F)(F)F)c1)N1CCN(CCc2ccccc2)CC1. The monoisotopic (exact) mass is 1010 g/mol. The van der Waals surface area contributed by atoms with Crippen molar-refractivity contribution in [1.82, 2.24) is 30.2 Å². The molecule has 1 saturated heterocycles. The molecule has 17 heteroatoms. The van der Waals surface area contributed by atoms with Crippen molar-refractivity contribution in [2.45, 2.75) is 68.9 Å². The van der Waals surface area contributed by atoms with Crippen molar-refractivity contribution in [1.29, 1.82) is 0 Å². The van der Waals surface area contributed by atoms with E-state index in [0.717, 1.165) is 55.9 Å². The normalized spacial score (nSPS) is 16.1. The molecule has 9 nitrogen and oxygen atoms in total. The second-order valence-corrected chi connectivity index (χ2v) is 18.7. The van der Waals surface area contributed by atoms with Gasteiger partial charge in [-0.05, 0) is 114 Å². The summed E-state index contributed by atoms with van der Waals surface area (Å²) in [5.74, 6) is -3.71. The van der Waals surface area contributed by atoms with Gasteiger partial charge in [0.25, 0.3) is 17.7 Å². The van der Waals surface area contributed by atoms with Crippen LogP contribution in [0.5, 0.6) is 0 Å². The van der Waals surface area contributed by atoms with E-state index in [9.17, 15) is 49.5 Å². The number of piperazine rings is 1. The lowest BCUT2D eigenvalue weighted by Crippen LogP contribution is -2.56. The molecule has 1 atom stereocenters. The third-order valence-electron chi connectivity index (χ3n) is 13.1. The largest absolute Gasteiger partial charge is 0.416 e. The van der Waals surface area contributed by atoms with E-state index < -0.39 is 40.8 Å². The molecule has 3 amide bonds. The highest BCUT2D eigenvalue weighted by molar-refractivity contribution is 5.95. The molecule has 2 N–H and O–H groups in total. The minimum Gasteiger partial charge on any atom is -0.350 e. The van der Waals surface area contributed by atoms with Crippen LogP contribution in [-0.2, 0) is 18.8 Å².